The first kappa shape index (κ1) is 17.5. The van der Waals surface area contributed by atoms with Crippen LogP contribution in [0.3, 0.4) is 0 Å². The minimum Gasteiger partial charge on any atom is -0.465 e. The van der Waals surface area contributed by atoms with Crippen LogP contribution in [-0.4, -0.2) is 19.0 Å². The number of thiophene rings is 1. The van der Waals surface area contributed by atoms with Gasteiger partial charge in [-0.05, 0) is 30.2 Å². The number of esters is 1. The zero-order chi connectivity index (χ0) is 16.8. The molecule has 0 unspecified atom stereocenters. The quantitative estimate of drug-likeness (QED) is 0.746. The van der Waals surface area contributed by atoms with Crippen LogP contribution in [0.4, 0.5) is 5.69 Å². The third-order valence-electron chi connectivity index (χ3n) is 3.26. The number of nitrogens with one attached hydrogen (secondary N) is 1. The Morgan fingerprint density at radius 2 is 1.96 bits per heavy atom. The van der Waals surface area contributed by atoms with Gasteiger partial charge in [-0.2, -0.15) is 0 Å². The Kier molecular flexibility index (Phi) is 6.19. The maximum absolute atomic E-state index is 11.9. The van der Waals surface area contributed by atoms with Crippen molar-refractivity contribution < 1.29 is 14.3 Å². The molecule has 122 valence electrons. The lowest BCUT2D eigenvalue weighted by Gasteiger charge is -2.04. The molecule has 0 saturated heterocycles. The lowest BCUT2D eigenvalue weighted by Crippen LogP contribution is -2.13. The SMILES string of the molecule is CCCCC(=O)Nc1cc(-c2ccc(Cl)cc2)sc1C(=O)OC. The molecule has 0 aliphatic heterocycles. The van der Waals surface area contributed by atoms with Crippen LogP contribution in [0.25, 0.3) is 10.4 Å². The minimum atomic E-state index is -0.457. The molecule has 0 bridgehead atoms. The van der Waals surface area contributed by atoms with Crippen molar-refractivity contribution >= 4 is 40.5 Å². The molecule has 0 aliphatic rings. The van der Waals surface area contributed by atoms with Crippen LogP contribution in [0.15, 0.2) is 30.3 Å². The highest BCUT2D eigenvalue weighted by atomic mass is 35.5. The summed E-state index contributed by atoms with van der Waals surface area (Å²) in [5.74, 6) is -0.557. The predicted molar refractivity (Wildman–Crippen MR) is 94.3 cm³/mol. The molecule has 1 aromatic carbocycles. The fraction of sp³-hybridized carbons (Fsp3) is 0.294. The first-order valence-electron chi connectivity index (χ1n) is 7.33. The fourth-order valence-corrected chi connectivity index (χ4v) is 3.20. The summed E-state index contributed by atoms with van der Waals surface area (Å²) in [7, 11) is 1.33. The van der Waals surface area contributed by atoms with Gasteiger partial charge in [0.25, 0.3) is 0 Å². The van der Waals surface area contributed by atoms with Gasteiger partial charge in [0.2, 0.25) is 5.91 Å². The average molecular weight is 352 g/mol. The lowest BCUT2D eigenvalue weighted by molar-refractivity contribution is -0.116. The van der Waals surface area contributed by atoms with Crippen LogP contribution in [0.1, 0.15) is 35.9 Å². The van der Waals surface area contributed by atoms with Gasteiger partial charge in [-0.1, -0.05) is 37.1 Å². The van der Waals surface area contributed by atoms with Crippen molar-refractivity contribution in [3.8, 4) is 10.4 Å². The number of carbonyl (C=O) groups is 2. The molecular weight excluding hydrogens is 334 g/mol. The Labute approximate surface area is 144 Å². The van der Waals surface area contributed by atoms with Crippen LogP contribution in [-0.2, 0) is 9.53 Å². The molecular formula is C17H18ClNO3S. The van der Waals surface area contributed by atoms with Crippen molar-refractivity contribution in [2.24, 2.45) is 0 Å². The molecule has 1 heterocycles. The Morgan fingerprint density at radius 1 is 1.26 bits per heavy atom. The molecule has 0 aliphatic carbocycles. The average Bonchev–Trinajstić information content (AvgIpc) is 2.96. The molecule has 0 saturated carbocycles. The normalized spacial score (nSPS) is 10.4. The van der Waals surface area contributed by atoms with E-state index in [0.29, 0.717) is 22.0 Å². The standard InChI is InChI=1S/C17H18ClNO3S/c1-3-4-5-15(20)19-13-10-14(23-16(13)17(21)22-2)11-6-8-12(18)9-7-11/h6-10H,3-5H2,1-2H3,(H,19,20). The van der Waals surface area contributed by atoms with Gasteiger partial charge in [-0.15, -0.1) is 11.3 Å². The monoisotopic (exact) mass is 351 g/mol. The second-order valence-corrected chi connectivity index (χ2v) is 6.49. The van der Waals surface area contributed by atoms with E-state index in [9.17, 15) is 9.59 Å². The van der Waals surface area contributed by atoms with Gasteiger partial charge in [0.15, 0.2) is 0 Å². The zero-order valence-electron chi connectivity index (χ0n) is 13.0. The minimum absolute atomic E-state index is 0.0996. The Bertz CT molecular complexity index is 694. The number of benzene rings is 1. The van der Waals surface area contributed by atoms with Gasteiger partial charge >= 0.3 is 5.97 Å². The number of halogens is 1. The molecule has 1 aromatic heterocycles. The molecule has 0 spiro atoms. The number of amides is 1. The molecule has 0 atom stereocenters. The highest BCUT2D eigenvalue weighted by molar-refractivity contribution is 7.18. The van der Waals surface area contributed by atoms with E-state index < -0.39 is 5.97 Å². The third-order valence-corrected chi connectivity index (χ3v) is 4.68. The van der Waals surface area contributed by atoms with Crippen molar-refractivity contribution in [2.75, 3.05) is 12.4 Å². The van der Waals surface area contributed by atoms with Crippen molar-refractivity contribution in [1.82, 2.24) is 0 Å². The van der Waals surface area contributed by atoms with Crippen molar-refractivity contribution in [2.45, 2.75) is 26.2 Å². The molecule has 2 rings (SSSR count). The summed E-state index contributed by atoms with van der Waals surface area (Å²) in [4.78, 5) is 25.2. The van der Waals surface area contributed by atoms with Crippen LogP contribution in [0.5, 0.6) is 0 Å². The highest BCUT2D eigenvalue weighted by Crippen LogP contribution is 2.35. The number of carbonyl (C=O) groups excluding carboxylic acids is 2. The number of hydrogen-bond donors (Lipinski definition) is 1. The Balaban J connectivity index is 2.30. The van der Waals surface area contributed by atoms with Crippen LogP contribution >= 0.6 is 22.9 Å². The van der Waals surface area contributed by atoms with E-state index in [4.69, 9.17) is 16.3 Å². The molecule has 2 aromatic rings. The van der Waals surface area contributed by atoms with Crippen molar-refractivity contribution in [1.29, 1.82) is 0 Å². The van der Waals surface area contributed by atoms with Crippen molar-refractivity contribution in [3.63, 3.8) is 0 Å². The van der Waals surface area contributed by atoms with Gasteiger partial charge in [0.1, 0.15) is 4.88 Å². The summed E-state index contributed by atoms with van der Waals surface area (Å²) in [5.41, 5.74) is 1.42. The second kappa shape index (κ2) is 8.13. The van der Waals surface area contributed by atoms with E-state index in [-0.39, 0.29) is 5.91 Å². The summed E-state index contributed by atoms with van der Waals surface area (Å²) in [5, 5.41) is 3.45. The first-order valence-corrected chi connectivity index (χ1v) is 8.52. The highest BCUT2D eigenvalue weighted by Gasteiger charge is 2.19. The van der Waals surface area contributed by atoms with Gasteiger partial charge in [0, 0.05) is 16.3 Å². The molecule has 4 nitrogen and oxygen atoms in total. The number of unbranched alkanes of at least 4 members (excludes halogenated alkanes) is 1. The predicted octanol–water partition coefficient (Wildman–Crippen LogP) is 4.98. The number of anilines is 1. The number of ether oxygens (including phenoxy) is 1. The summed E-state index contributed by atoms with van der Waals surface area (Å²) in [6, 6.07) is 9.11. The van der Waals surface area contributed by atoms with E-state index in [0.717, 1.165) is 23.3 Å². The van der Waals surface area contributed by atoms with Crippen molar-refractivity contribution in [3.05, 3.63) is 40.2 Å². The molecule has 0 fully saturated rings. The van der Waals surface area contributed by atoms with E-state index in [1.54, 1.807) is 18.2 Å². The fourth-order valence-electron chi connectivity index (χ4n) is 2.03. The topological polar surface area (TPSA) is 55.4 Å². The summed E-state index contributed by atoms with van der Waals surface area (Å²) < 4.78 is 4.81. The van der Waals surface area contributed by atoms with Gasteiger partial charge < -0.3 is 10.1 Å². The third kappa shape index (κ3) is 4.56. The molecule has 23 heavy (non-hydrogen) atoms. The van der Waals surface area contributed by atoms with Gasteiger partial charge in [0.05, 0.1) is 12.8 Å². The van der Waals surface area contributed by atoms with Gasteiger partial charge in [-0.3, -0.25) is 4.79 Å². The molecule has 0 radical (unpaired) electrons. The van der Waals surface area contributed by atoms with E-state index in [1.165, 1.54) is 18.4 Å². The number of rotatable bonds is 6. The smallest absolute Gasteiger partial charge is 0.350 e. The summed E-state index contributed by atoms with van der Waals surface area (Å²) >= 11 is 7.18. The van der Waals surface area contributed by atoms with E-state index >= 15 is 0 Å². The number of hydrogen-bond acceptors (Lipinski definition) is 4. The zero-order valence-corrected chi connectivity index (χ0v) is 14.6. The lowest BCUT2D eigenvalue weighted by atomic mass is 10.2. The summed E-state index contributed by atoms with van der Waals surface area (Å²) in [6.07, 6.45) is 2.19. The Hall–Kier alpha value is -1.85. The van der Waals surface area contributed by atoms with Crippen LogP contribution in [0.2, 0.25) is 5.02 Å². The maximum Gasteiger partial charge on any atom is 0.350 e. The van der Waals surface area contributed by atoms with Crippen LogP contribution < -0.4 is 5.32 Å². The number of methoxy groups -OCH3 is 1. The van der Waals surface area contributed by atoms with Crippen LogP contribution in [0, 0.1) is 0 Å². The van der Waals surface area contributed by atoms with E-state index in [1.807, 2.05) is 19.1 Å². The van der Waals surface area contributed by atoms with Gasteiger partial charge in [-0.25, -0.2) is 4.79 Å². The largest absolute Gasteiger partial charge is 0.465 e. The van der Waals surface area contributed by atoms with E-state index in [2.05, 4.69) is 5.32 Å². The first-order chi connectivity index (χ1) is 11.0. The molecule has 1 N–H and O–H groups in total. The molecule has 1 amide bonds. The Morgan fingerprint density at radius 3 is 2.57 bits per heavy atom. The molecule has 6 heteroatoms. The maximum atomic E-state index is 11.9. The second-order valence-electron chi connectivity index (χ2n) is 5.00. The summed E-state index contributed by atoms with van der Waals surface area (Å²) in [6.45, 7) is 2.02.